The van der Waals surface area contributed by atoms with E-state index in [0.717, 1.165) is 22.4 Å². The van der Waals surface area contributed by atoms with Gasteiger partial charge in [0.1, 0.15) is 0 Å². The topological polar surface area (TPSA) is 61.7 Å². The molecule has 16 heavy (non-hydrogen) atoms. The Balaban J connectivity index is 2.40. The third-order valence-corrected chi connectivity index (χ3v) is 3.09. The Morgan fingerprint density at radius 2 is 2.31 bits per heavy atom. The van der Waals surface area contributed by atoms with Crippen LogP contribution >= 0.6 is 15.9 Å². The molecule has 2 N–H and O–H groups in total. The molecule has 1 atom stereocenters. The van der Waals surface area contributed by atoms with E-state index in [1.807, 2.05) is 30.9 Å². The molecule has 0 spiro atoms. The van der Waals surface area contributed by atoms with E-state index in [9.17, 15) is 0 Å². The van der Waals surface area contributed by atoms with Gasteiger partial charge < -0.3 is 5.73 Å². The van der Waals surface area contributed by atoms with E-state index in [4.69, 9.17) is 5.73 Å². The van der Waals surface area contributed by atoms with Gasteiger partial charge in [-0.05, 0) is 28.9 Å². The van der Waals surface area contributed by atoms with Gasteiger partial charge in [0.05, 0.1) is 28.1 Å². The van der Waals surface area contributed by atoms with E-state index in [2.05, 4.69) is 26.1 Å². The van der Waals surface area contributed by atoms with Crippen molar-refractivity contribution in [3.63, 3.8) is 0 Å². The van der Waals surface area contributed by atoms with Gasteiger partial charge >= 0.3 is 0 Å². The van der Waals surface area contributed by atoms with Crippen LogP contribution in [-0.2, 0) is 13.6 Å². The molecule has 0 aliphatic rings. The van der Waals surface area contributed by atoms with Gasteiger partial charge in [0.25, 0.3) is 0 Å². The van der Waals surface area contributed by atoms with E-state index in [0.29, 0.717) is 0 Å². The van der Waals surface area contributed by atoms with Gasteiger partial charge in [-0.25, -0.2) is 0 Å². The molecule has 5 nitrogen and oxygen atoms in total. The summed E-state index contributed by atoms with van der Waals surface area (Å²) in [5.41, 5.74) is 7.99. The van der Waals surface area contributed by atoms with E-state index in [1.54, 1.807) is 10.9 Å². The molecule has 0 aliphatic heterocycles. The van der Waals surface area contributed by atoms with Gasteiger partial charge in [-0.15, -0.1) is 0 Å². The Morgan fingerprint density at radius 1 is 1.56 bits per heavy atom. The molecular weight excluding hydrogens is 270 g/mol. The Labute approximate surface area is 102 Å². The van der Waals surface area contributed by atoms with Crippen molar-refractivity contribution in [1.29, 1.82) is 0 Å². The van der Waals surface area contributed by atoms with Crippen LogP contribution in [0.2, 0.25) is 0 Å². The second-order valence-electron chi connectivity index (χ2n) is 3.59. The van der Waals surface area contributed by atoms with E-state index in [1.165, 1.54) is 0 Å². The highest BCUT2D eigenvalue weighted by atomic mass is 79.9. The fraction of sp³-hybridized carbons (Fsp3) is 0.400. The minimum absolute atomic E-state index is 0.252. The zero-order valence-corrected chi connectivity index (χ0v) is 10.8. The lowest BCUT2D eigenvalue weighted by Gasteiger charge is -2.11. The highest BCUT2D eigenvalue weighted by molar-refractivity contribution is 9.10. The summed E-state index contributed by atoms with van der Waals surface area (Å²) in [4.78, 5) is 0. The summed E-state index contributed by atoms with van der Waals surface area (Å²) < 4.78 is 4.55. The van der Waals surface area contributed by atoms with Crippen LogP contribution in [0.15, 0.2) is 22.9 Å². The Bertz CT molecular complexity index is 487. The Morgan fingerprint density at radius 3 is 2.88 bits per heavy atom. The van der Waals surface area contributed by atoms with Crippen LogP contribution in [0.3, 0.4) is 0 Å². The third kappa shape index (κ3) is 1.90. The van der Waals surface area contributed by atoms with Crippen molar-refractivity contribution in [2.24, 2.45) is 12.8 Å². The van der Waals surface area contributed by atoms with Gasteiger partial charge in [-0.2, -0.15) is 10.2 Å². The monoisotopic (exact) mass is 283 g/mol. The lowest BCUT2D eigenvalue weighted by Crippen LogP contribution is -2.18. The molecule has 0 bridgehead atoms. The SMILES string of the molecule is CCn1ncc(Br)c1C(N)c1ccn(C)n1. The second-order valence-corrected chi connectivity index (χ2v) is 4.44. The van der Waals surface area contributed by atoms with E-state index < -0.39 is 0 Å². The maximum absolute atomic E-state index is 6.18. The summed E-state index contributed by atoms with van der Waals surface area (Å²) in [6.45, 7) is 2.83. The first-order chi connectivity index (χ1) is 7.63. The molecule has 6 heteroatoms. The van der Waals surface area contributed by atoms with Crippen molar-refractivity contribution in [3.8, 4) is 0 Å². The van der Waals surface area contributed by atoms with Crippen LogP contribution in [0, 0.1) is 0 Å². The van der Waals surface area contributed by atoms with Crippen molar-refractivity contribution < 1.29 is 0 Å². The molecular formula is C10H14BrN5. The van der Waals surface area contributed by atoms with Gasteiger partial charge in [0.15, 0.2) is 0 Å². The summed E-state index contributed by atoms with van der Waals surface area (Å²) in [6.07, 6.45) is 3.65. The van der Waals surface area contributed by atoms with Crippen molar-refractivity contribution in [1.82, 2.24) is 19.6 Å². The van der Waals surface area contributed by atoms with Crippen LogP contribution < -0.4 is 5.73 Å². The largest absolute Gasteiger partial charge is 0.318 e. The summed E-state index contributed by atoms with van der Waals surface area (Å²) in [7, 11) is 1.88. The van der Waals surface area contributed by atoms with Crippen LogP contribution in [0.25, 0.3) is 0 Å². The average Bonchev–Trinajstić information content (AvgIpc) is 2.83. The first-order valence-corrected chi connectivity index (χ1v) is 5.89. The predicted molar refractivity (Wildman–Crippen MR) is 64.8 cm³/mol. The van der Waals surface area contributed by atoms with Crippen LogP contribution in [-0.4, -0.2) is 19.6 Å². The highest BCUT2D eigenvalue weighted by Gasteiger charge is 2.19. The van der Waals surface area contributed by atoms with E-state index >= 15 is 0 Å². The minimum atomic E-state index is -0.252. The lowest BCUT2D eigenvalue weighted by molar-refractivity contribution is 0.590. The van der Waals surface area contributed by atoms with Crippen LogP contribution in [0.4, 0.5) is 0 Å². The predicted octanol–water partition coefficient (Wildman–Crippen LogP) is 1.45. The summed E-state index contributed by atoms with van der Waals surface area (Å²) in [6, 6.07) is 1.67. The number of aryl methyl sites for hydroxylation is 2. The summed E-state index contributed by atoms with van der Waals surface area (Å²) in [5.74, 6) is 0. The molecule has 1 unspecified atom stereocenters. The van der Waals surface area contributed by atoms with Gasteiger partial charge in [0.2, 0.25) is 0 Å². The zero-order valence-electron chi connectivity index (χ0n) is 9.26. The number of hydrogen-bond acceptors (Lipinski definition) is 3. The first kappa shape index (κ1) is 11.3. The molecule has 2 aromatic heterocycles. The van der Waals surface area contributed by atoms with Gasteiger partial charge in [0, 0.05) is 19.8 Å². The molecule has 86 valence electrons. The zero-order chi connectivity index (χ0) is 11.7. The van der Waals surface area contributed by atoms with Crippen molar-refractivity contribution in [2.75, 3.05) is 0 Å². The van der Waals surface area contributed by atoms with Crippen molar-refractivity contribution in [3.05, 3.63) is 34.3 Å². The molecule has 2 aromatic rings. The molecule has 0 aromatic carbocycles. The number of rotatable bonds is 3. The van der Waals surface area contributed by atoms with Crippen molar-refractivity contribution >= 4 is 15.9 Å². The molecule has 0 fully saturated rings. The molecule has 2 heterocycles. The molecule has 2 rings (SSSR count). The fourth-order valence-electron chi connectivity index (χ4n) is 1.67. The second kappa shape index (κ2) is 4.39. The third-order valence-electron chi connectivity index (χ3n) is 2.48. The molecule has 0 saturated carbocycles. The maximum Gasteiger partial charge on any atom is 0.0927 e. The fourth-order valence-corrected chi connectivity index (χ4v) is 2.21. The van der Waals surface area contributed by atoms with Crippen LogP contribution in [0.5, 0.6) is 0 Å². The van der Waals surface area contributed by atoms with E-state index in [-0.39, 0.29) is 6.04 Å². The lowest BCUT2D eigenvalue weighted by atomic mass is 10.1. The number of halogens is 1. The first-order valence-electron chi connectivity index (χ1n) is 5.09. The molecule has 0 radical (unpaired) electrons. The number of aromatic nitrogens is 4. The summed E-state index contributed by atoms with van der Waals surface area (Å²) in [5, 5.41) is 8.56. The Hall–Kier alpha value is -1.14. The smallest absolute Gasteiger partial charge is 0.0927 e. The van der Waals surface area contributed by atoms with Crippen LogP contribution in [0.1, 0.15) is 24.4 Å². The average molecular weight is 284 g/mol. The quantitative estimate of drug-likeness (QED) is 0.928. The molecule has 0 aliphatic carbocycles. The van der Waals surface area contributed by atoms with Gasteiger partial charge in [-0.3, -0.25) is 9.36 Å². The standard InChI is InChI=1S/C10H14BrN5/c1-3-16-10(7(11)6-13-16)9(12)8-4-5-15(2)14-8/h4-6,9H,3,12H2,1-2H3. The highest BCUT2D eigenvalue weighted by Crippen LogP contribution is 2.25. The minimum Gasteiger partial charge on any atom is -0.318 e. The molecule has 0 saturated heterocycles. The number of nitrogens with zero attached hydrogens (tertiary/aromatic N) is 4. The van der Waals surface area contributed by atoms with Crippen molar-refractivity contribution in [2.45, 2.75) is 19.5 Å². The maximum atomic E-state index is 6.18. The normalized spacial score (nSPS) is 13.0. The Kier molecular flexibility index (Phi) is 3.11. The number of hydrogen-bond donors (Lipinski definition) is 1. The number of nitrogens with two attached hydrogens (primary N) is 1. The summed E-state index contributed by atoms with van der Waals surface area (Å²) >= 11 is 3.46. The van der Waals surface area contributed by atoms with Gasteiger partial charge in [-0.1, -0.05) is 0 Å². The molecule has 0 amide bonds.